The smallest absolute Gasteiger partial charge is 0.417 e. The zero-order chi connectivity index (χ0) is 20.8. The molecule has 0 atom stereocenters. The molecule has 3 heterocycles. The highest BCUT2D eigenvalue weighted by molar-refractivity contribution is 5.99. The average molecular weight is 403 g/mol. The number of rotatable bonds is 3. The van der Waals surface area contributed by atoms with E-state index in [-0.39, 0.29) is 41.7 Å². The van der Waals surface area contributed by atoms with Gasteiger partial charge in [-0.2, -0.15) is 13.2 Å². The molecule has 150 valence electrons. The van der Waals surface area contributed by atoms with E-state index in [9.17, 15) is 22.8 Å². The van der Waals surface area contributed by atoms with Crippen LogP contribution in [0.4, 0.5) is 13.2 Å². The van der Waals surface area contributed by atoms with E-state index in [1.807, 2.05) is 30.3 Å². The lowest BCUT2D eigenvalue weighted by Crippen LogP contribution is -2.30. The first kappa shape index (κ1) is 19.0. The van der Waals surface area contributed by atoms with Crippen LogP contribution in [0.15, 0.2) is 46.9 Å². The molecule has 29 heavy (non-hydrogen) atoms. The van der Waals surface area contributed by atoms with Gasteiger partial charge in [0.2, 0.25) is 11.6 Å². The van der Waals surface area contributed by atoms with Crippen molar-refractivity contribution in [2.75, 3.05) is 13.2 Å². The third kappa shape index (κ3) is 3.67. The number of alkyl halides is 3. The molecule has 4 rings (SSSR count). The summed E-state index contributed by atoms with van der Waals surface area (Å²) in [7, 11) is 0. The predicted octanol–water partition coefficient (Wildman–Crippen LogP) is 3.60. The highest BCUT2D eigenvalue weighted by Gasteiger charge is 2.36. The van der Waals surface area contributed by atoms with Crippen LogP contribution in [0, 0.1) is 6.92 Å². The molecule has 0 N–H and O–H groups in total. The first-order valence-corrected chi connectivity index (χ1v) is 8.82. The Morgan fingerprint density at radius 3 is 2.62 bits per heavy atom. The molecule has 1 aliphatic heterocycles. The molecule has 6 nitrogen and oxygen atoms in total. The van der Waals surface area contributed by atoms with Crippen molar-refractivity contribution in [3.8, 4) is 0 Å². The fourth-order valence-corrected chi connectivity index (χ4v) is 3.31. The molecule has 0 bridgehead atoms. The molecule has 2 amide bonds. The topological polar surface area (TPSA) is 66.7 Å². The van der Waals surface area contributed by atoms with Gasteiger partial charge < -0.3 is 14.2 Å². The van der Waals surface area contributed by atoms with Gasteiger partial charge in [-0.05, 0) is 24.6 Å². The number of hydrogen-bond donors (Lipinski definition) is 0. The lowest BCUT2D eigenvalue weighted by atomic mass is 10.1. The summed E-state index contributed by atoms with van der Waals surface area (Å²) in [4.78, 5) is 31.7. The third-order valence-corrected chi connectivity index (χ3v) is 4.67. The van der Waals surface area contributed by atoms with Crippen LogP contribution in [0.25, 0.3) is 11.1 Å². The lowest BCUT2D eigenvalue weighted by Gasteiger charge is -2.17. The molecule has 2 aromatic heterocycles. The monoisotopic (exact) mass is 403 g/mol. The predicted molar refractivity (Wildman–Crippen MR) is 96.6 cm³/mol. The largest absolute Gasteiger partial charge is 0.433 e. The van der Waals surface area contributed by atoms with E-state index in [4.69, 9.17) is 4.42 Å². The molecule has 1 aromatic carbocycles. The van der Waals surface area contributed by atoms with E-state index in [2.05, 4.69) is 4.98 Å². The van der Waals surface area contributed by atoms with Crippen molar-refractivity contribution in [3.63, 3.8) is 0 Å². The van der Waals surface area contributed by atoms with Gasteiger partial charge in [-0.3, -0.25) is 9.59 Å². The van der Waals surface area contributed by atoms with Crippen LogP contribution < -0.4 is 0 Å². The van der Waals surface area contributed by atoms with E-state index in [0.717, 1.165) is 17.7 Å². The summed E-state index contributed by atoms with van der Waals surface area (Å²) in [5, 5.41) is -0.280. The number of carbonyl (C=O) groups excluding carboxylic acids is 2. The molecular formula is C20H16F3N3O3. The van der Waals surface area contributed by atoms with Crippen LogP contribution >= 0.6 is 0 Å². The maximum atomic E-state index is 13.3. The molecule has 0 aliphatic carbocycles. The Hall–Kier alpha value is -3.36. The lowest BCUT2D eigenvalue weighted by molar-refractivity contribution is -0.136. The second kappa shape index (κ2) is 6.91. The maximum absolute atomic E-state index is 13.3. The number of halogens is 3. The summed E-state index contributed by atoms with van der Waals surface area (Å²) in [5.41, 5.74) is -0.129. The van der Waals surface area contributed by atoms with Gasteiger partial charge in [0.1, 0.15) is 6.54 Å². The molecule has 0 saturated carbocycles. The number of carbonyl (C=O) groups is 2. The van der Waals surface area contributed by atoms with Gasteiger partial charge in [-0.1, -0.05) is 30.3 Å². The number of furan rings is 1. The summed E-state index contributed by atoms with van der Waals surface area (Å²) < 4.78 is 45.2. The van der Waals surface area contributed by atoms with Crippen LogP contribution in [-0.4, -0.2) is 39.8 Å². The van der Waals surface area contributed by atoms with Gasteiger partial charge in [0.05, 0.1) is 17.6 Å². The van der Waals surface area contributed by atoms with Gasteiger partial charge in [-0.25, -0.2) is 4.98 Å². The Labute approximate surface area is 163 Å². The van der Waals surface area contributed by atoms with Crippen LogP contribution in [0.5, 0.6) is 0 Å². The van der Waals surface area contributed by atoms with Gasteiger partial charge in [0, 0.05) is 12.2 Å². The Balaban J connectivity index is 1.58. The number of amides is 2. The molecule has 0 radical (unpaired) electrons. The Kier molecular flexibility index (Phi) is 4.52. The van der Waals surface area contributed by atoms with Crippen LogP contribution in [0.3, 0.4) is 0 Å². The summed E-state index contributed by atoms with van der Waals surface area (Å²) >= 11 is 0. The molecular weight excluding hydrogens is 387 g/mol. The first-order valence-electron chi connectivity index (χ1n) is 8.82. The fraction of sp³-hybridized carbons (Fsp3) is 0.250. The van der Waals surface area contributed by atoms with E-state index < -0.39 is 17.6 Å². The van der Waals surface area contributed by atoms with Crippen LogP contribution in [0.2, 0.25) is 0 Å². The molecule has 0 spiro atoms. The number of aryl methyl sites for hydroxylation is 1. The second-order valence-corrected chi connectivity index (χ2v) is 6.86. The van der Waals surface area contributed by atoms with Gasteiger partial charge in [-0.15, -0.1) is 0 Å². The minimum Gasteiger partial charge on any atom is -0.433 e. The highest BCUT2D eigenvalue weighted by Crippen LogP contribution is 2.36. The van der Waals surface area contributed by atoms with Crippen molar-refractivity contribution in [2.24, 2.45) is 0 Å². The van der Waals surface area contributed by atoms with Crippen molar-refractivity contribution >= 4 is 22.9 Å². The van der Waals surface area contributed by atoms with Crippen molar-refractivity contribution < 1.29 is 27.2 Å². The number of pyridine rings is 1. The van der Waals surface area contributed by atoms with Crippen LogP contribution in [-0.2, 0) is 17.5 Å². The average Bonchev–Trinajstić information content (AvgIpc) is 3.24. The second-order valence-electron chi connectivity index (χ2n) is 6.86. The standard InChI is InChI=1S/C20H16F3N3O3/c1-12-7-15(20(21,22)23)14-8-16(29-18(14)24-12)19(28)26-10-17(27)25(11-26)9-13-5-3-2-4-6-13/h2-8H,9-11H2,1H3. The number of nitrogens with zero attached hydrogens (tertiary/aromatic N) is 3. The minimum atomic E-state index is -4.60. The first-order chi connectivity index (χ1) is 13.7. The fourth-order valence-electron chi connectivity index (χ4n) is 3.31. The number of aromatic nitrogens is 1. The summed E-state index contributed by atoms with van der Waals surface area (Å²) in [6.07, 6.45) is -4.60. The van der Waals surface area contributed by atoms with E-state index in [0.29, 0.717) is 6.54 Å². The van der Waals surface area contributed by atoms with E-state index in [1.54, 1.807) is 0 Å². The molecule has 9 heteroatoms. The molecule has 3 aromatic rings. The molecule has 1 saturated heterocycles. The Morgan fingerprint density at radius 1 is 1.21 bits per heavy atom. The van der Waals surface area contributed by atoms with Crippen molar-refractivity contribution in [3.05, 3.63) is 65.0 Å². The number of benzene rings is 1. The zero-order valence-electron chi connectivity index (χ0n) is 15.4. The number of hydrogen-bond acceptors (Lipinski definition) is 4. The number of fused-ring (bicyclic) bond motifs is 1. The summed E-state index contributed by atoms with van der Waals surface area (Å²) in [6.45, 7) is 1.62. The quantitative estimate of drug-likeness (QED) is 0.670. The Morgan fingerprint density at radius 2 is 1.93 bits per heavy atom. The van der Waals surface area contributed by atoms with Gasteiger partial charge in [0.15, 0.2) is 5.76 Å². The van der Waals surface area contributed by atoms with Gasteiger partial charge >= 0.3 is 6.18 Å². The zero-order valence-corrected chi connectivity index (χ0v) is 15.4. The normalized spacial score (nSPS) is 14.8. The molecule has 1 fully saturated rings. The van der Waals surface area contributed by atoms with E-state index in [1.165, 1.54) is 16.7 Å². The summed E-state index contributed by atoms with van der Waals surface area (Å²) in [5.74, 6) is -1.18. The maximum Gasteiger partial charge on any atom is 0.417 e. The van der Waals surface area contributed by atoms with E-state index >= 15 is 0 Å². The third-order valence-electron chi connectivity index (χ3n) is 4.67. The van der Waals surface area contributed by atoms with Crippen LogP contribution in [0.1, 0.15) is 27.4 Å². The highest BCUT2D eigenvalue weighted by atomic mass is 19.4. The Bertz CT molecular complexity index is 1090. The minimum absolute atomic E-state index is 0.0300. The molecule has 1 aliphatic rings. The summed E-state index contributed by atoms with van der Waals surface area (Å²) in [6, 6.07) is 11.2. The molecule has 0 unspecified atom stereocenters. The SMILES string of the molecule is Cc1cc(C(F)(F)F)c2cc(C(=O)N3CC(=O)N(Cc4ccccc4)C3)oc2n1. The van der Waals surface area contributed by atoms with Crippen molar-refractivity contribution in [2.45, 2.75) is 19.6 Å². The van der Waals surface area contributed by atoms with Gasteiger partial charge in [0.25, 0.3) is 5.91 Å². The van der Waals surface area contributed by atoms with Crippen molar-refractivity contribution in [1.29, 1.82) is 0 Å². The van der Waals surface area contributed by atoms with Crippen molar-refractivity contribution in [1.82, 2.24) is 14.8 Å².